The van der Waals surface area contributed by atoms with Crippen molar-refractivity contribution < 1.29 is 4.79 Å². The average Bonchev–Trinajstić information content (AvgIpc) is 2.80. The summed E-state index contributed by atoms with van der Waals surface area (Å²) >= 11 is 0. The van der Waals surface area contributed by atoms with Crippen LogP contribution >= 0.6 is 0 Å². The number of carbonyl (C=O) groups is 1. The standard InChI is InChI=1S/C23H27N7O/c1-3-20-26-21(28-23(27-20)30-13-11-29(2)12-14-30)15-19-10-9-17(16-24-19)22(31)25-18-7-5-4-6-8-18/h4-10,16H,3,11-15H2,1-2H3,(H,25,31). The van der Waals surface area contributed by atoms with Gasteiger partial charge in [0, 0.05) is 50.2 Å². The van der Waals surface area contributed by atoms with Crippen molar-refractivity contribution in [2.75, 3.05) is 43.4 Å². The van der Waals surface area contributed by atoms with Crippen molar-refractivity contribution in [2.24, 2.45) is 0 Å². The number of piperazine rings is 1. The number of benzene rings is 1. The van der Waals surface area contributed by atoms with Crippen molar-refractivity contribution in [1.29, 1.82) is 0 Å². The van der Waals surface area contributed by atoms with Crippen LogP contribution in [0.2, 0.25) is 0 Å². The molecule has 0 unspecified atom stereocenters. The van der Waals surface area contributed by atoms with E-state index in [1.165, 1.54) is 0 Å². The largest absolute Gasteiger partial charge is 0.338 e. The molecule has 0 bridgehead atoms. The Hall–Kier alpha value is -3.39. The first-order chi connectivity index (χ1) is 15.1. The molecule has 3 heterocycles. The third-order valence-corrected chi connectivity index (χ3v) is 5.28. The minimum atomic E-state index is -0.184. The minimum Gasteiger partial charge on any atom is -0.338 e. The van der Waals surface area contributed by atoms with Crippen LogP contribution < -0.4 is 10.2 Å². The van der Waals surface area contributed by atoms with E-state index in [9.17, 15) is 4.79 Å². The molecule has 1 aliphatic heterocycles. The summed E-state index contributed by atoms with van der Waals surface area (Å²) in [7, 11) is 2.13. The van der Waals surface area contributed by atoms with Gasteiger partial charge < -0.3 is 15.1 Å². The lowest BCUT2D eigenvalue weighted by molar-refractivity contribution is 0.102. The number of carbonyl (C=O) groups excluding carboxylic acids is 1. The molecule has 0 aliphatic carbocycles. The number of nitrogens with zero attached hydrogens (tertiary/aromatic N) is 6. The van der Waals surface area contributed by atoms with Gasteiger partial charge in [-0.05, 0) is 31.3 Å². The molecule has 160 valence electrons. The molecule has 8 nitrogen and oxygen atoms in total. The van der Waals surface area contributed by atoms with Gasteiger partial charge in [-0.3, -0.25) is 9.78 Å². The van der Waals surface area contributed by atoms with Crippen molar-refractivity contribution in [3.8, 4) is 0 Å². The van der Waals surface area contributed by atoms with E-state index >= 15 is 0 Å². The molecule has 1 fully saturated rings. The third-order valence-electron chi connectivity index (χ3n) is 5.28. The first-order valence-electron chi connectivity index (χ1n) is 10.6. The highest BCUT2D eigenvalue weighted by molar-refractivity contribution is 6.04. The topological polar surface area (TPSA) is 87.1 Å². The predicted octanol–water partition coefficient (Wildman–Crippen LogP) is 2.42. The Balaban J connectivity index is 1.46. The molecule has 0 radical (unpaired) electrons. The van der Waals surface area contributed by atoms with E-state index in [0.717, 1.165) is 55.8 Å². The summed E-state index contributed by atoms with van der Waals surface area (Å²) < 4.78 is 0. The van der Waals surface area contributed by atoms with Gasteiger partial charge in [0.1, 0.15) is 11.6 Å². The number of nitrogens with one attached hydrogen (secondary N) is 1. The fourth-order valence-corrected chi connectivity index (χ4v) is 3.39. The quantitative estimate of drug-likeness (QED) is 0.659. The van der Waals surface area contributed by atoms with Gasteiger partial charge in [0.2, 0.25) is 5.95 Å². The summed E-state index contributed by atoms with van der Waals surface area (Å²) in [6.45, 7) is 5.86. The van der Waals surface area contributed by atoms with Crippen molar-refractivity contribution >= 4 is 17.5 Å². The molecule has 0 spiro atoms. The molecule has 1 amide bonds. The second-order valence-electron chi connectivity index (χ2n) is 7.65. The summed E-state index contributed by atoms with van der Waals surface area (Å²) in [5.41, 5.74) is 2.08. The van der Waals surface area contributed by atoms with E-state index < -0.39 is 0 Å². The van der Waals surface area contributed by atoms with E-state index in [1.54, 1.807) is 12.3 Å². The second kappa shape index (κ2) is 9.61. The second-order valence-corrected chi connectivity index (χ2v) is 7.65. The van der Waals surface area contributed by atoms with E-state index in [4.69, 9.17) is 4.98 Å². The van der Waals surface area contributed by atoms with E-state index in [1.807, 2.05) is 43.3 Å². The van der Waals surface area contributed by atoms with Crippen molar-refractivity contribution in [1.82, 2.24) is 24.8 Å². The number of likely N-dealkylation sites (N-methyl/N-ethyl adjacent to an activating group) is 1. The van der Waals surface area contributed by atoms with Crippen LogP contribution in [0.1, 0.15) is 34.6 Å². The zero-order chi connectivity index (χ0) is 21.6. The highest BCUT2D eigenvalue weighted by atomic mass is 16.1. The van der Waals surface area contributed by atoms with E-state index in [-0.39, 0.29) is 5.91 Å². The number of pyridine rings is 1. The van der Waals surface area contributed by atoms with E-state index in [0.29, 0.717) is 17.8 Å². The molecule has 3 aromatic rings. The molecule has 0 atom stereocenters. The van der Waals surface area contributed by atoms with Crippen LogP contribution in [0.4, 0.5) is 11.6 Å². The summed E-state index contributed by atoms with van der Waals surface area (Å²) in [6, 6.07) is 13.0. The SMILES string of the molecule is CCc1nc(Cc2ccc(C(=O)Nc3ccccc3)cn2)nc(N2CCN(C)CC2)n1. The minimum absolute atomic E-state index is 0.184. The lowest BCUT2D eigenvalue weighted by Gasteiger charge is -2.32. The van der Waals surface area contributed by atoms with Crippen LogP contribution in [-0.2, 0) is 12.8 Å². The monoisotopic (exact) mass is 417 g/mol. The van der Waals surface area contributed by atoms with Gasteiger partial charge in [-0.2, -0.15) is 9.97 Å². The first-order valence-corrected chi connectivity index (χ1v) is 10.6. The number of amides is 1. The van der Waals surface area contributed by atoms with Gasteiger partial charge in [-0.25, -0.2) is 4.98 Å². The van der Waals surface area contributed by atoms with Crippen LogP contribution in [0.3, 0.4) is 0 Å². The van der Waals surface area contributed by atoms with Crippen molar-refractivity contribution in [2.45, 2.75) is 19.8 Å². The van der Waals surface area contributed by atoms with Crippen molar-refractivity contribution in [3.05, 3.63) is 71.6 Å². The van der Waals surface area contributed by atoms with Gasteiger partial charge in [0.15, 0.2) is 0 Å². The van der Waals surface area contributed by atoms with Crippen LogP contribution in [0, 0.1) is 0 Å². The molecule has 1 aliphatic rings. The summed E-state index contributed by atoms with van der Waals surface area (Å²) in [5.74, 6) is 2.05. The Morgan fingerprint density at radius 1 is 0.968 bits per heavy atom. The Morgan fingerprint density at radius 3 is 2.39 bits per heavy atom. The smallest absolute Gasteiger partial charge is 0.257 e. The Labute approximate surface area is 182 Å². The molecule has 1 saturated heterocycles. The molecule has 0 saturated carbocycles. The average molecular weight is 418 g/mol. The zero-order valence-corrected chi connectivity index (χ0v) is 18.0. The number of para-hydroxylation sites is 1. The summed E-state index contributed by atoms with van der Waals surface area (Å²) in [5, 5.41) is 2.87. The van der Waals surface area contributed by atoms with Gasteiger partial charge in [0.05, 0.1) is 12.0 Å². The number of aryl methyl sites for hydroxylation is 1. The molecule has 4 rings (SSSR count). The van der Waals surface area contributed by atoms with Crippen LogP contribution in [0.25, 0.3) is 0 Å². The Kier molecular flexibility index (Phi) is 6.47. The van der Waals surface area contributed by atoms with Crippen LogP contribution in [0.5, 0.6) is 0 Å². The molecular weight excluding hydrogens is 390 g/mol. The van der Waals surface area contributed by atoms with Crippen LogP contribution in [-0.4, -0.2) is 64.0 Å². The fraction of sp³-hybridized carbons (Fsp3) is 0.348. The van der Waals surface area contributed by atoms with Gasteiger partial charge in [-0.1, -0.05) is 25.1 Å². The number of aromatic nitrogens is 4. The molecule has 8 heteroatoms. The maximum absolute atomic E-state index is 12.4. The molecular formula is C23H27N7O. The lowest BCUT2D eigenvalue weighted by Crippen LogP contribution is -2.45. The van der Waals surface area contributed by atoms with Gasteiger partial charge in [0.25, 0.3) is 5.91 Å². The van der Waals surface area contributed by atoms with Crippen LogP contribution in [0.15, 0.2) is 48.7 Å². The normalized spacial score (nSPS) is 14.5. The fourth-order valence-electron chi connectivity index (χ4n) is 3.39. The van der Waals surface area contributed by atoms with Gasteiger partial charge >= 0.3 is 0 Å². The maximum Gasteiger partial charge on any atom is 0.257 e. The number of anilines is 2. The lowest BCUT2D eigenvalue weighted by atomic mass is 10.2. The Bertz CT molecular complexity index is 1020. The highest BCUT2D eigenvalue weighted by Crippen LogP contribution is 2.14. The number of hydrogen-bond donors (Lipinski definition) is 1. The van der Waals surface area contributed by atoms with Gasteiger partial charge in [-0.15, -0.1) is 0 Å². The number of hydrogen-bond acceptors (Lipinski definition) is 7. The summed E-state index contributed by atoms with van der Waals surface area (Å²) in [4.78, 5) is 35.3. The first kappa shape index (κ1) is 20.9. The zero-order valence-electron chi connectivity index (χ0n) is 18.0. The third kappa shape index (κ3) is 5.40. The highest BCUT2D eigenvalue weighted by Gasteiger charge is 2.18. The maximum atomic E-state index is 12.4. The van der Waals surface area contributed by atoms with E-state index in [2.05, 4.69) is 37.1 Å². The Morgan fingerprint density at radius 2 is 1.71 bits per heavy atom. The summed E-state index contributed by atoms with van der Waals surface area (Å²) in [6.07, 6.45) is 2.84. The number of rotatable bonds is 6. The molecule has 2 aromatic heterocycles. The molecule has 1 N–H and O–H groups in total. The molecule has 31 heavy (non-hydrogen) atoms. The van der Waals surface area contributed by atoms with Crippen molar-refractivity contribution in [3.63, 3.8) is 0 Å². The molecule has 1 aromatic carbocycles. The predicted molar refractivity (Wildman–Crippen MR) is 120 cm³/mol.